The second kappa shape index (κ2) is 13.8. The smallest absolute Gasteiger partial charge is 0.138 e. The van der Waals surface area contributed by atoms with Gasteiger partial charge in [0.1, 0.15) is 5.82 Å². The molecule has 1 heterocycles. The Morgan fingerprint density at radius 1 is 1.35 bits per heavy atom. The molecule has 3 N–H and O–H groups in total. The average Bonchev–Trinajstić information content (AvgIpc) is 3.18. The molecule has 2 aromatic rings. The fraction of sp³-hybridized carbons (Fsp3) is 0.261. The van der Waals surface area contributed by atoms with E-state index in [1.54, 1.807) is 18.2 Å². The van der Waals surface area contributed by atoms with E-state index >= 15 is 0 Å². The van der Waals surface area contributed by atoms with E-state index in [0.29, 0.717) is 30.0 Å². The van der Waals surface area contributed by atoms with Crippen molar-refractivity contribution in [1.82, 2.24) is 0 Å². The van der Waals surface area contributed by atoms with Crippen LogP contribution in [0.2, 0.25) is 0 Å². The SMILES string of the molecule is C=C/C=C(\N=C)c1ccc(N(O)CCC2Cc3cc(F)c(SN)cc3[N-]2)cc1.CC.[Y]. The molecule has 8 heteroatoms. The van der Waals surface area contributed by atoms with Crippen LogP contribution in [0, 0.1) is 5.82 Å². The zero-order valence-corrected chi connectivity index (χ0v) is 21.6. The molecule has 0 fully saturated rings. The number of benzene rings is 2. The van der Waals surface area contributed by atoms with Crippen molar-refractivity contribution < 1.29 is 42.3 Å². The number of nitrogens with two attached hydrogens (primary N) is 1. The van der Waals surface area contributed by atoms with Gasteiger partial charge in [0.2, 0.25) is 0 Å². The maximum Gasteiger partial charge on any atom is 0.138 e. The summed E-state index contributed by atoms with van der Waals surface area (Å²) < 4.78 is 13.9. The van der Waals surface area contributed by atoms with Crippen LogP contribution >= 0.6 is 11.9 Å². The maximum atomic E-state index is 13.9. The van der Waals surface area contributed by atoms with Crippen LogP contribution in [0.4, 0.5) is 15.8 Å². The predicted molar refractivity (Wildman–Crippen MR) is 126 cm³/mol. The van der Waals surface area contributed by atoms with Crippen LogP contribution in [-0.2, 0) is 39.1 Å². The summed E-state index contributed by atoms with van der Waals surface area (Å²) in [5, 5.41) is 21.7. The quantitative estimate of drug-likeness (QED) is 0.188. The number of allylic oxidation sites excluding steroid dienone is 2. The van der Waals surface area contributed by atoms with Gasteiger partial charge in [-0.3, -0.25) is 20.4 Å². The summed E-state index contributed by atoms with van der Waals surface area (Å²) in [6.07, 6.45) is 4.74. The zero-order chi connectivity index (χ0) is 22.1. The Morgan fingerprint density at radius 3 is 2.61 bits per heavy atom. The molecule has 5 nitrogen and oxygen atoms in total. The van der Waals surface area contributed by atoms with Crippen molar-refractivity contribution in [3.8, 4) is 0 Å². The standard InChI is InChI=1S/C21H22FN4OS.C2H6.Y/c1-3-4-19(24-2)14-5-7-17(8-6-14)26(27)10-9-16-11-15-12-18(22)21(28-23)13-20(15)25-16;1-2;/h3-8,12-13,16,27H,1-2,9-11,23H2;1-2H3;/q-1;;/b19-4-;;. The molecule has 0 saturated carbocycles. The summed E-state index contributed by atoms with van der Waals surface area (Å²) in [5.74, 6) is -0.315. The molecule has 1 unspecified atom stereocenters. The summed E-state index contributed by atoms with van der Waals surface area (Å²) in [5.41, 5.74) is 3.95. The number of hydroxylamine groups is 1. The first kappa shape index (κ1) is 27.5. The molecule has 0 aliphatic carbocycles. The Hall–Kier alpha value is -1.51. The van der Waals surface area contributed by atoms with E-state index in [-0.39, 0.29) is 44.6 Å². The Bertz CT molecular complexity index is 905. The molecule has 1 aliphatic rings. The Kier molecular flexibility index (Phi) is 12.3. The van der Waals surface area contributed by atoms with Crippen LogP contribution < -0.4 is 10.2 Å². The van der Waals surface area contributed by atoms with Crippen LogP contribution in [0.15, 0.2) is 65.0 Å². The molecule has 1 aliphatic heterocycles. The van der Waals surface area contributed by atoms with Gasteiger partial charge < -0.3 is 5.32 Å². The first-order valence-electron chi connectivity index (χ1n) is 9.82. The van der Waals surface area contributed by atoms with Crippen LogP contribution in [0.5, 0.6) is 0 Å². The molecular weight excluding hydrogens is 488 g/mol. The van der Waals surface area contributed by atoms with Gasteiger partial charge in [-0.25, -0.2) is 4.39 Å². The molecule has 1 atom stereocenters. The minimum absolute atomic E-state index is 0. The molecule has 0 bridgehead atoms. The summed E-state index contributed by atoms with van der Waals surface area (Å²) in [6.45, 7) is 11.6. The molecule has 0 aromatic heterocycles. The van der Waals surface area contributed by atoms with E-state index in [4.69, 9.17) is 5.14 Å². The van der Waals surface area contributed by atoms with Crippen molar-refractivity contribution in [2.45, 2.75) is 37.6 Å². The molecule has 0 amide bonds. The van der Waals surface area contributed by atoms with E-state index < -0.39 is 0 Å². The summed E-state index contributed by atoms with van der Waals surface area (Å²) in [4.78, 5) is 4.36. The second-order valence-electron chi connectivity index (χ2n) is 6.42. The number of nitrogens with zero attached hydrogens (tertiary/aromatic N) is 3. The zero-order valence-electron chi connectivity index (χ0n) is 18.0. The predicted octanol–water partition coefficient (Wildman–Crippen LogP) is 6.26. The minimum Gasteiger partial charge on any atom is -0.681 e. The van der Waals surface area contributed by atoms with Crippen molar-refractivity contribution in [2.75, 3.05) is 11.6 Å². The normalized spacial score (nSPS) is 14.4. The van der Waals surface area contributed by atoms with E-state index in [2.05, 4.69) is 23.6 Å². The maximum absolute atomic E-state index is 13.9. The van der Waals surface area contributed by atoms with Gasteiger partial charge in [-0.15, -0.1) is 11.7 Å². The van der Waals surface area contributed by atoms with Gasteiger partial charge in [0.25, 0.3) is 0 Å². The minimum atomic E-state index is -0.315. The summed E-state index contributed by atoms with van der Waals surface area (Å²) in [7, 11) is 0. The van der Waals surface area contributed by atoms with Gasteiger partial charge in [-0.05, 0) is 55.8 Å². The van der Waals surface area contributed by atoms with E-state index in [0.717, 1.165) is 34.5 Å². The number of hydrogen-bond donors (Lipinski definition) is 2. The number of rotatable bonds is 8. The van der Waals surface area contributed by atoms with Gasteiger partial charge in [0, 0.05) is 44.8 Å². The van der Waals surface area contributed by atoms with Crippen molar-refractivity contribution in [3.63, 3.8) is 0 Å². The van der Waals surface area contributed by atoms with E-state index in [1.807, 2.05) is 38.1 Å². The fourth-order valence-corrected chi connectivity index (χ4v) is 3.53. The Morgan fingerprint density at radius 2 is 2.03 bits per heavy atom. The molecule has 0 spiro atoms. The van der Waals surface area contributed by atoms with Crippen molar-refractivity contribution in [2.24, 2.45) is 10.1 Å². The Balaban J connectivity index is 0.00000156. The number of aliphatic imine (C=N–C) groups is 1. The first-order chi connectivity index (χ1) is 14.5. The number of anilines is 1. The third-order valence-corrected chi connectivity index (χ3v) is 5.19. The second-order valence-corrected chi connectivity index (χ2v) is 7.10. The largest absolute Gasteiger partial charge is 0.681 e. The average molecular weight is 516 g/mol. The van der Waals surface area contributed by atoms with Crippen LogP contribution in [0.25, 0.3) is 11.0 Å². The van der Waals surface area contributed by atoms with Gasteiger partial charge in [0.05, 0.1) is 16.3 Å². The van der Waals surface area contributed by atoms with E-state index in [9.17, 15) is 9.60 Å². The van der Waals surface area contributed by atoms with Gasteiger partial charge in [-0.1, -0.05) is 50.3 Å². The molecule has 0 saturated heterocycles. The number of fused-ring (bicyclic) bond motifs is 1. The van der Waals surface area contributed by atoms with Crippen molar-refractivity contribution in [3.05, 3.63) is 77.4 Å². The fourth-order valence-electron chi connectivity index (χ4n) is 3.18. The van der Waals surface area contributed by atoms with E-state index in [1.165, 1.54) is 11.1 Å². The topological polar surface area (TPSA) is 75.9 Å². The van der Waals surface area contributed by atoms with Gasteiger partial charge >= 0.3 is 0 Å². The van der Waals surface area contributed by atoms with Gasteiger partial charge in [-0.2, -0.15) is 0 Å². The molecule has 31 heavy (non-hydrogen) atoms. The molecular formula is C23H28FN4OSY-. The summed E-state index contributed by atoms with van der Waals surface area (Å²) in [6, 6.07) is 10.6. The van der Waals surface area contributed by atoms with Crippen LogP contribution in [0.3, 0.4) is 0 Å². The third-order valence-electron chi connectivity index (χ3n) is 4.62. The first-order valence-corrected chi connectivity index (χ1v) is 10.7. The molecule has 3 rings (SSSR count). The molecule has 1 radical (unpaired) electrons. The molecule has 163 valence electrons. The number of hydrogen-bond acceptors (Lipinski definition) is 5. The third kappa shape index (κ3) is 7.26. The monoisotopic (exact) mass is 516 g/mol. The Labute approximate surface area is 213 Å². The summed E-state index contributed by atoms with van der Waals surface area (Å²) >= 11 is 0.883. The number of halogens is 1. The van der Waals surface area contributed by atoms with Gasteiger partial charge in [0.15, 0.2) is 0 Å². The van der Waals surface area contributed by atoms with Crippen LogP contribution in [-0.4, -0.2) is 24.5 Å². The van der Waals surface area contributed by atoms with Crippen molar-refractivity contribution in [1.29, 1.82) is 0 Å². The van der Waals surface area contributed by atoms with Crippen molar-refractivity contribution >= 4 is 35.7 Å². The molecule has 2 aromatic carbocycles. The van der Waals surface area contributed by atoms with Crippen LogP contribution in [0.1, 0.15) is 31.4 Å².